The molecule has 1 saturated heterocycles. The monoisotopic (exact) mass is 604 g/mol. The summed E-state index contributed by atoms with van der Waals surface area (Å²) in [4.78, 5) is 26.0. The van der Waals surface area contributed by atoms with Crippen molar-refractivity contribution in [1.29, 1.82) is 0 Å². The number of allylic oxidation sites excluding steroid dienone is 1. The molecule has 0 radical (unpaired) electrons. The molecule has 2 aliphatic rings. The number of nitrogens with zero attached hydrogens (tertiary/aromatic N) is 1. The molecule has 0 spiro atoms. The zero-order valence-electron chi connectivity index (χ0n) is 23.8. The fourth-order valence-corrected chi connectivity index (χ4v) is 6.23. The Bertz CT molecular complexity index is 1530. The number of likely N-dealkylation sites (N-methyl/N-ethyl adjacent to an activating group) is 1. The van der Waals surface area contributed by atoms with Gasteiger partial charge in [-0.2, -0.15) is 0 Å². The van der Waals surface area contributed by atoms with Gasteiger partial charge in [0.2, 0.25) is 5.91 Å². The number of hydrogen-bond donors (Lipinski definition) is 1. The van der Waals surface area contributed by atoms with Crippen molar-refractivity contribution < 1.29 is 19.1 Å². The molecule has 1 atom stereocenters. The van der Waals surface area contributed by atoms with Crippen LogP contribution in [0, 0.1) is 0 Å². The molecular formula is C34H34Cl2N2O4. The van der Waals surface area contributed by atoms with Gasteiger partial charge in [-0.15, -0.1) is 0 Å². The van der Waals surface area contributed by atoms with E-state index in [2.05, 4.69) is 22.3 Å². The van der Waals surface area contributed by atoms with E-state index in [1.165, 1.54) is 7.11 Å². The summed E-state index contributed by atoms with van der Waals surface area (Å²) in [5.41, 5.74) is 6.95. The van der Waals surface area contributed by atoms with E-state index in [9.17, 15) is 9.59 Å². The van der Waals surface area contributed by atoms with Crippen molar-refractivity contribution in [3.8, 4) is 5.75 Å². The quantitative estimate of drug-likeness (QED) is 0.225. The normalized spacial score (nSPS) is 17.2. The van der Waals surface area contributed by atoms with Crippen LogP contribution in [0.4, 0.5) is 0 Å². The van der Waals surface area contributed by atoms with Gasteiger partial charge < -0.3 is 14.8 Å². The molecule has 5 rings (SSSR count). The Balaban J connectivity index is 1.44. The number of fused-ring (bicyclic) bond motifs is 1. The van der Waals surface area contributed by atoms with E-state index in [4.69, 9.17) is 32.7 Å². The van der Waals surface area contributed by atoms with Crippen LogP contribution in [0.3, 0.4) is 0 Å². The highest BCUT2D eigenvalue weighted by Crippen LogP contribution is 2.42. The van der Waals surface area contributed by atoms with Crippen LogP contribution < -0.4 is 10.1 Å². The van der Waals surface area contributed by atoms with Crippen LogP contribution in [0.15, 0.2) is 72.8 Å². The van der Waals surface area contributed by atoms with E-state index in [1.54, 1.807) is 19.2 Å². The Hall–Kier alpha value is -3.58. The van der Waals surface area contributed by atoms with Gasteiger partial charge in [-0.05, 0) is 95.5 Å². The van der Waals surface area contributed by atoms with Crippen LogP contribution >= 0.6 is 23.2 Å². The molecule has 218 valence electrons. The first-order chi connectivity index (χ1) is 20.4. The molecule has 0 saturated carbocycles. The highest BCUT2D eigenvalue weighted by molar-refractivity contribution is 6.36. The second-order valence-corrected chi connectivity index (χ2v) is 11.4. The van der Waals surface area contributed by atoms with Gasteiger partial charge in [0.25, 0.3) is 0 Å². The summed E-state index contributed by atoms with van der Waals surface area (Å²) in [5, 5.41) is 3.80. The number of aryl methyl sites for hydroxylation is 1. The minimum absolute atomic E-state index is 0.0854. The number of rotatable bonds is 8. The number of benzene rings is 3. The molecule has 0 unspecified atom stereocenters. The number of ether oxygens (including phenoxy) is 2. The lowest BCUT2D eigenvalue weighted by atomic mass is 9.87. The number of likely N-dealkylation sites (tertiary alicyclic amines) is 1. The van der Waals surface area contributed by atoms with Crippen LogP contribution in [-0.4, -0.2) is 56.7 Å². The van der Waals surface area contributed by atoms with Crippen molar-refractivity contribution in [3.05, 3.63) is 111 Å². The largest absolute Gasteiger partial charge is 0.489 e. The van der Waals surface area contributed by atoms with E-state index in [0.717, 1.165) is 77.9 Å². The van der Waals surface area contributed by atoms with Crippen molar-refractivity contribution in [2.24, 2.45) is 0 Å². The Labute approximate surface area is 256 Å². The molecule has 1 aliphatic heterocycles. The predicted molar refractivity (Wildman–Crippen MR) is 168 cm³/mol. The number of esters is 1. The van der Waals surface area contributed by atoms with Gasteiger partial charge in [0.05, 0.1) is 12.7 Å². The second kappa shape index (κ2) is 13.6. The van der Waals surface area contributed by atoms with Gasteiger partial charge in [-0.3, -0.25) is 9.69 Å². The first-order valence-electron chi connectivity index (χ1n) is 14.1. The van der Waals surface area contributed by atoms with Crippen molar-refractivity contribution in [2.75, 3.05) is 33.8 Å². The van der Waals surface area contributed by atoms with Crippen molar-refractivity contribution in [1.82, 2.24) is 10.2 Å². The lowest BCUT2D eigenvalue weighted by molar-refractivity contribution is -0.116. The summed E-state index contributed by atoms with van der Waals surface area (Å²) in [6.07, 6.45) is 7.02. The molecule has 8 heteroatoms. The summed E-state index contributed by atoms with van der Waals surface area (Å²) in [5.74, 6) is 0.370. The predicted octanol–water partition coefficient (Wildman–Crippen LogP) is 6.83. The maximum absolute atomic E-state index is 12.3. The third-order valence-corrected chi connectivity index (χ3v) is 8.33. The van der Waals surface area contributed by atoms with Gasteiger partial charge in [-0.25, -0.2) is 4.79 Å². The smallest absolute Gasteiger partial charge is 0.337 e. The van der Waals surface area contributed by atoms with E-state index in [0.29, 0.717) is 22.2 Å². The second-order valence-electron chi connectivity index (χ2n) is 10.5. The fourth-order valence-electron chi connectivity index (χ4n) is 5.71. The molecule has 42 heavy (non-hydrogen) atoms. The Morgan fingerprint density at radius 1 is 1.02 bits per heavy atom. The minimum Gasteiger partial charge on any atom is -0.489 e. The molecule has 1 heterocycles. The molecule has 1 aliphatic carbocycles. The number of methoxy groups -OCH3 is 1. The Morgan fingerprint density at radius 3 is 2.55 bits per heavy atom. The highest BCUT2D eigenvalue weighted by Gasteiger charge is 2.25. The van der Waals surface area contributed by atoms with Gasteiger partial charge in [0.1, 0.15) is 11.9 Å². The summed E-state index contributed by atoms with van der Waals surface area (Å²) >= 11 is 13.0. The highest BCUT2D eigenvalue weighted by atomic mass is 35.5. The molecule has 1 fully saturated rings. The average molecular weight is 606 g/mol. The molecule has 1 amide bonds. The van der Waals surface area contributed by atoms with E-state index in [1.807, 2.05) is 48.5 Å². The molecule has 6 nitrogen and oxygen atoms in total. The standard InChI is InChI=1S/C34H34Cl2N2O4/c1-37-32(39)7-4-17-38-18-16-27(21-38)42-26-12-8-22(9-13-26)33-28-14-10-24(34(40)41-2)19-23(28)5-3-6-30(33)29-15-11-25(35)20-31(29)36/h4,7-15,19-20,27H,3,5-6,16-18,21H2,1-2H3,(H,37,39)/b7-4+/t27-/m0/s1. The number of nitrogens with one attached hydrogen (secondary N) is 1. The number of carbonyl (C=O) groups excluding carboxylic acids is 2. The third kappa shape index (κ3) is 6.89. The number of hydrogen-bond acceptors (Lipinski definition) is 5. The lowest BCUT2D eigenvalue weighted by Gasteiger charge is -2.19. The van der Waals surface area contributed by atoms with Gasteiger partial charge >= 0.3 is 5.97 Å². The molecule has 0 aromatic heterocycles. The van der Waals surface area contributed by atoms with E-state index < -0.39 is 0 Å². The molecule has 1 N–H and O–H groups in total. The molecule has 3 aromatic carbocycles. The third-order valence-electron chi connectivity index (χ3n) is 7.78. The fraction of sp³-hybridized carbons (Fsp3) is 0.294. The van der Waals surface area contributed by atoms with Crippen LogP contribution in [0.25, 0.3) is 11.1 Å². The number of amides is 1. The summed E-state index contributed by atoms with van der Waals surface area (Å²) in [6.45, 7) is 2.44. The molecule has 0 bridgehead atoms. The Morgan fingerprint density at radius 2 is 1.81 bits per heavy atom. The maximum Gasteiger partial charge on any atom is 0.337 e. The zero-order chi connectivity index (χ0) is 29.6. The van der Waals surface area contributed by atoms with Crippen molar-refractivity contribution >= 4 is 46.2 Å². The summed E-state index contributed by atoms with van der Waals surface area (Å²) in [6, 6.07) is 19.7. The van der Waals surface area contributed by atoms with Crippen molar-refractivity contribution in [2.45, 2.75) is 31.8 Å². The maximum atomic E-state index is 12.3. The van der Waals surface area contributed by atoms with Crippen LogP contribution in [0.2, 0.25) is 10.0 Å². The summed E-state index contributed by atoms with van der Waals surface area (Å²) < 4.78 is 11.3. The SMILES string of the molecule is CNC(=O)/C=C/CN1CC[C@H](Oc2ccc(C3=C(c4ccc(Cl)cc4Cl)CCCc4cc(C(=O)OC)ccc43)cc2)C1. The van der Waals surface area contributed by atoms with Gasteiger partial charge in [-0.1, -0.05) is 53.5 Å². The summed E-state index contributed by atoms with van der Waals surface area (Å²) in [7, 11) is 3.02. The van der Waals surface area contributed by atoms with Crippen molar-refractivity contribution in [3.63, 3.8) is 0 Å². The minimum atomic E-state index is -0.344. The average Bonchev–Trinajstić information content (AvgIpc) is 3.35. The number of carbonyl (C=O) groups is 2. The van der Waals surface area contributed by atoms with Gasteiger partial charge in [0, 0.05) is 42.8 Å². The van der Waals surface area contributed by atoms with E-state index >= 15 is 0 Å². The number of halogens is 2. The molecular weight excluding hydrogens is 571 g/mol. The Kier molecular flexibility index (Phi) is 9.68. The van der Waals surface area contributed by atoms with Gasteiger partial charge in [0.15, 0.2) is 0 Å². The topological polar surface area (TPSA) is 67.9 Å². The van der Waals surface area contributed by atoms with E-state index in [-0.39, 0.29) is 18.0 Å². The zero-order valence-corrected chi connectivity index (χ0v) is 25.3. The van der Waals surface area contributed by atoms with Crippen LogP contribution in [0.1, 0.15) is 51.9 Å². The molecule has 3 aromatic rings. The first-order valence-corrected chi connectivity index (χ1v) is 14.9. The van der Waals surface area contributed by atoms with Crippen LogP contribution in [0.5, 0.6) is 5.75 Å². The lowest BCUT2D eigenvalue weighted by Crippen LogP contribution is -2.25. The first kappa shape index (κ1) is 29.9. The van der Waals surface area contributed by atoms with Crippen LogP contribution in [-0.2, 0) is 16.0 Å².